The van der Waals surface area contributed by atoms with Crippen LogP contribution in [-0.2, 0) is 12.7 Å². The number of rotatable bonds is 3. The van der Waals surface area contributed by atoms with Crippen LogP contribution in [0.1, 0.15) is 32.6 Å². The van der Waals surface area contributed by atoms with Crippen LogP contribution in [0.3, 0.4) is 0 Å². The van der Waals surface area contributed by atoms with Gasteiger partial charge in [-0.2, -0.15) is 13.2 Å². The van der Waals surface area contributed by atoms with Crippen LogP contribution < -0.4 is 0 Å². The van der Waals surface area contributed by atoms with Crippen LogP contribution in [0.4, 0.5) is 13.2 Å². The summed E-state index contributed by atoms with van der Waals surface area (Å²) in [6.07, 6.45) is -4.33. The molecule has 0 radical (unpaired) electrons. The van der Waals surface area contributed by atoms with Gasteiger partial charge in [-0.15, -0.1) is 0 Å². The summed E-state index contributed by atoms with van der Waals surface area (Å²) in [5, 5.41) is 0. The minimum atomic E-state index is -4.33. The zero-order chi connectivity index (χ0) is 19.6. The minimum absolute atomic E-state index is 0.0109. The van der Waals surface area contributed by atoms with E-state index in [1.165, 1.54) is 12.1 Å². The zero-order valence-corrected chi connectivity index (χ0v) is 15.5. The van der Waals surface area contributed by atoms with Gasteiger partial charge in [-0.05, 0) is 48.7 Å². The van der Waals surface area contributed by atoms with E-state index in [0.29, 0.717) is 43.9 Å². The Bertz CT molecular complexity index is 824. The normalized spacial score (nSPS) is 15.8. The number of nitrogens with zero attached hydrogens (tertiary/aromatic N) is 2. The molecule has 0 unspecified atom stereocenters. The molecular formula is C21H23F3N2O. The lowest BCUT2D eigenvalue weighted by molar-refractivity contribution is -0.137. The highest BCUT2D eigenvalue weighted by Crippen LogP contribution is 2.29. The van der Waals surface area contributed by atoms with Gasteiger partial charge in [0.1, 0.15) is 0 Å². The molecule has 3 rings (SSSR count). The lowest BCUT2D eigenvalue weighted by atomic mass is 10.1. The molecule has 0 aromatic heterocycles. The Labute approximate surface area is 157 Å². The van der Waals surface area contributed by atoms with Gasteiger partial charge in [0.2, 0.25) is 0 Å². The van der Waals surface area contributed by atoms with Crippen LogP contribution in [0.5, 0.6) is 0 Å². The molecule has 0 bridgehead atoms. The quantitative estimate of drug-likeness (QED) is 0.798. The maximum atomic E-state index is 12.8. The van der Waals surface area contributed by atoms with E-state index < -0.39 is 11.7 Å². The van der Waals surface area contributed by atoms with Gasteiger partial charge in [-0.3, -0.25) is 9.69 Å². The van der Waals surface area contributed by atoms with Crippen molar-refractivity contribution in [2.75, 3.05) is 26.2 Å². The predicted molar refractivity (Wildman–Crippen MR) is 98.5 cm³/mol. The van der Waals surface area contributed by atoms with Gasteiger partial charge in [0.05, 0.1) is 5.56 Å². The highest BCUT2D eigenvalue weighted by molar-refractivity contribution is 5.94. The van der Waals surface area contributed by atoms with Gasteiger partial charge in [-0.25, -0.2) is 0 Å². The Hall–Kier alpha value is -2.34. The summed E-state index contributed by atoms with van der Waals surface area (Å²) in [5.74, 6) is 0.0109. The smallest absolute Gasteiger partial charge is 0.336 e. The molecule has 0 saturated carbocycles. The number of piperazine rings is 1. The van der Waals surface area contributed by atoms with Crippen molar-refractivity contribution in [2.24, 2.45) is 0 Å². The third kappa shape index (κ3) is 4.69. The predicted octanol–water partition coefficient (Wildman–Crippen LogP) is 4.28. The van der Waals surface area contributed by atoms with E-state index in [1.54, 1.807) is 6.07 Å². The molecule has 2 aromatic carbocycles. The largest absolute Gasteiger partial charge is 0.416 e. The zero-order valence-electron chi connectivity index (χ0n) is 15.5. The maximum Gasteiger partial charge on any atom is 0.416 e. The maximum absolute atomic E-state index is 12.8. The molecule has 0 N–H and O–H groups in total. The summed E-state index contributed by atoms with van der Waals surface area (Å²) < 4.78 is 38.5. The molecule has 6 heteroatoms. The molecule has 144 valence electrons. The highest BCUT2D eigenvalue weighted by atomic mass is 19.4. The first-order chi connectivity index (χ1) is 12.7. The van der Waals surface area contributed by atoms with Crippen LogP contribution >= 0.6 is 0 Å². The Morgan fingerprint density at radius 1 is 0.963 bits per heavy atom. The van der Waals surface area contributed by atoms with Crippen LogP contribution in [0.15, 0.2) is 42.5 Å². The van der Waals surface area contributed by atoms with E-state index in [1.807, 2.05) is 36.9 Å². The topological polar surface area (TPSA) is 23.6 Å². The number of benzene rings is 2. The number of amides is 1. The Morgan fingerprint density at radius 2 is 1.67 bits per heavy atom. The third-order valence-corrected chi connectivity index (χ3v) is 5.07. The first-order valence-corrected chi connectivity index (χ1v) is 8.99. The lowest BCUT2D eigenvalue weighted by Gasteiger charge is -2.35. The van der Waals surface area contributed by atoms with Gasteiger partial charge in [0, 0.05) is 38.3 Å². The third-order valence-electron chi connectivity index (χ3n) is 5.07. The molecule has 2 aromatic rings. The lowest BCUT2D eigenvalue weighted by Crippen LogP contribution is -2.48. The fourth-order valence-electron chi connectivity index (χ4n) is 3.27. The van der Waals surface area contributed by atoms with Crippen molar-refractivity contribution in [3.8, 4) is 0 Å². The van der Waals surface area contributed by atoms with E-state index in [9.17, 15) is 18.0 Å². The average molecular weight is 376 g/mol. The van der Waals surface area contributed by atoms with Gasteiger partial charge in [0.25, 0.3) is 5.91 Å². The van der Waals surface area contributed by atoms with Crippen molar-refractivity contribution >= 4 is 5.91 Å². The fraction of sp³-hybridized carbons (Fsp3) is 0.381. The SMILES string of the molecule is Cc1ccc(C(=O)N2CCN(Cc3cccc(C(F)(F)F)c3)CC2)cc1C. The van der Waals surface area contributed by atoms with Crippen molar-refractivity contribution in [3.63, 3.8) is 0 Å². The Morgan fingerprint density at radius 3 is 2.30 bits per heavy atom. The Kier molecular flexibility index (Phi) is 5.56. The van der Waals surface area contributed by atoms with Crippen molar-refractivity contribution in [3.05, 3.63) is 70.3 Å². The van der Waals surface area contributed by atoms with Crippen molar-refractivity contribution < 1.29 is 18.0 Å². The first kappa shape index (κ1) is 19.4. The number of carbonyl (C=O) groups is 1. The molecule has 0 atom stereocenters. The van der Waals surface area contributed by atoms with E-state index >= 15 is 0 Å². The van der Waals surface area contributed by atoms with Crippen molar-refractivity contribution in [2.45, 2.75) is 26.6 Å². The monoisotopic (exact) mass is 376 g/mol. The van der Waals surface area contributed by atoms with E-state index in [4.69, 9.17) is 0 Å². The van der Waals surface area contributed by atoms with E-state index in [-0.39, 0.29) is 5.91 Å². The summed E-state index contributed by atoms with van der Waals surface area (Å²) in [6.45, 7) is 6.89. The van der Waals surface area contributed by atoms with Gasteiger partial charge < -0.3 is 4.90 Å². The number of hydrogen-bond acceptors (Lipinski definition) is 2. The summed E-state index contributed by atoms with van der Waals surface area (Å²) in [5.41, 5.74) is 2.94. The molecule has 3 nitrogen and oxygen atoms in total. The summed E-state index contributed by atoms with van der Waals surface area (Å²) >= 11 is 0. The second-order valence-electron chi connectivity index (χ2n) is 7.07. The van der Waals surface area contributed by atoms with Gasteiger partial charge in [0.15, 0.2) is 0 Å². The number of aryl methyl sites for hydroxylation is 2. The van der Waals surface area contributed by atoms with E-state index in [2.05, 4.69) is 4.90 Å². The van der Waals surface area contributed by atoms with E-state index in [0.717, 1.165) is 17.2 Å². The number of alkyl halides is 3. The summed E-state index contributed by atoms with van der Waals surface area (Å²) in [6, 6.07) is 11.1. The van der Waals surface area contributed by atoms with Gasteiger partial charge >= 0.3 is 6.18 Å². The average Bonchev–Trinajstić information content (AvgIpc) is 2.63. The molecule has 1 aliphatic heterocycles. The standard InChI is InChI=1S/C21H23F3N2O/c1-15-6-7-18(12-16(15)2)20(27)26-10-8-25(9-11-26)14-17-4-3-5-19(13-17)21(22,23)24/h3-7,12-13H,8-11,14H2,1-2H3. The summed E-state index contributed by atoms with van der Waals surface area (Å²) in [7, 11) is 0. The molecule has 1 fully saturated rings. The summed E-state index contributed by atoms with van der Waals surface area (Å²) in [4.78, 5) is 16.6. The molecule has 0 aliphatic carbocycles. The molecule has 27 heavy (non-hydrogen) atoms. The van der Waals surface area contributed by atoms with Crippen LogP contribution in [0.2, 0.25) is 0 Å². The van der Waals surface area contributed by atoms with Crippen LogP contribution in [0.25, 0.3) is 0 Å². The highest BCUT2D eigenvalue weighted by Gasteiger charge is 2.30. The molecule has 1 heterocycles. The number of hydrogen-bond donors (Lipinski definition) is 0. The van der Waals surface area contributed by atoms with Crippen LogP contribution in [-0.4, -0.2) is 41.9 Å². The van der Waals surface area contributed by atoms with Crippen molar-refractivity contribution in [1.29, 1.82) is 0 Å². The molecule has 1 saturated heterocycles. The fourth-order valence-corrected chi connectivity index (χ4v) is 3.27. The minimum Gasteiger partial charge on any atom is -0.336 e. The second-order valence-corrected chi connectivity index (χ2v) is 7.07. The number of carbonyl (C=O) groups excluding carboxylic acids is 1. The molecular weight excluding hydrogens is 353 g/mol. The van der Waals surface area contributed by atoms with Crippen molar-refractivity contribution in [1.82, 2.24) is 9.80 Å². The van der Waals surface area contributed by atoms with Crippen LogP contribution in [0, 0.1) is 13.8 Å². The molecule has 1 aliphatic rings. The molecule has 0 spiro atoms. The first-order valence-electron chi connectivity index (χ1n) is 8.99. The van der Waals surface area contributed by atoms with Gasteiger partial charge in [-0.1, -0.05) is 24.3 Å². The number of halogens is 3. The molecule has 1 amide bonds. The Balaban J connectivity index is 1.59. The second kappa shape index (κ2) is 7.72.